The van der Waals surface area contributed by atoms with Crippen LogP contribution in [0.4, 0.5) is 5.69 Å². The molecule has 1 aromatic heterocycles. The molecule has 21 heavy (non-hydrogen) atoms. The van der Waals surface area contributed by atoms with Crippen LogP contribution in [0.3, 0.4) is 0 Å². The smallest absolute Gasteiger partial charge is 0.240 e. The molecule has 0 amide bonds. The van der Waals surface area contributed by atoms with E-state index < -0.39 is 10.0 Å². The monoisotopic (exact) mass is 330 g/mol. The number of nitrogen functional groups attached to an aromatic ring is 1. The third kappa shape index (κ3) is 3.72. The van der Waals surface area contributed by atoms with Gasteiger partial charge >= 0.3 is 0 Å². The second kappa shape index (κ2) is 6.00. The first-order valence-corrected chi connectivity index (χ1v) is 8.00. The highest BCUT2D eigenvalue weighted by Crippen LogP contribution is 2.26. The number of nitrogens with one attached hydrogen (secondary N) is 1. The van der Waals surface area contributed by atoms with E-state index in [0.29, 0.717) is 28.7 Å². The van der Waals surface area contributed by atoms with Crippen molar-refractivity contribution in [2.45, 2.75) is 25.2 Å². The summed E-state index contributed by atoms with van der Waals surface area (Å²) in [7, 11) is -3.66. The van der Waals surface area contributed by atoms with Gasteiger partial charge in [-0.05, 0) is 24.6 Å². The van der Waals surface area contributed by atoms with Crippen LogP contribution in [-0.2, 0) is 16.4 Å². The Hall–Kier alpha value is -1.64. The van der Waals surface area contributed by atoms with Crippen molar-refractivity contribution in [2.75, 3.05) is 12.3 Å². The maximum absolute atomic E-state index is 12.2. The maximum Gasteiger partial charge on any atom is 0.240 e. The molecule has 0 atom stereocenters. The molecule has 0 aliphatic rings. The number of hydrogen-bond donors (Lipinski definition) is 2. The molecular formula is C12H15ClN4O3S. The van der Waals surface area contributed by atoms with Gasteiger partial charge in [-0.3, -0.25) is 0 Å². The van der Waals surface area contributed by atoms with Gasteiger partial charge in [0, 0.05) is 19.9 Å². The van der Waals surface area contributed by atoms with Crippen LogP contribution in [0.15, 0.2) is 21.6 Å². The highest BCUT2D eigenvalue weighted by Gasteiger charge is 2.16. The Bertz CT molecular complexity index is 735. The van der Waals surface area contributed by atoms with Crippen molar-refractivity contribution in [3.63, 3.8) is 0 Å². The van der Waals surface area contributed by atoms with E-state index in [-0.39, 0.29) is 17.1 Å². The lowest BCUT2D eigenvalue weighted by Gasteiger charge is -2.09. The van der Waals surface area contributed by atoms with Crippen LogP contribution in [0.2, 0.25) is 5.02 Å². The third-order valence-electron chi connectivity index (χ3n) is 2.78. The van der Waals surface area contributed by atoms with Gasteiger partial charge in [-0.1, -0.05) is 16.8 Å². The molecule has 0 saturated heterocycles. The number of hydrogen-bond acceptors (Lipinski definition) is 6. The van der Waals surface area contributed by atoms with E-state index in [9.17, 15) is 8.42 Å². The van der Waals surface area contributed by atoms with Crippen molar-refractivity contribution >= 4 is 27.3 Å². The van der Waals surface area contributed by atoms with E-state index in [0.717, 1.165) is 0 Å². The van der Waals surface area contributed by atoms with Crippen molar-refractivity contribution in [1.82, 2.24) is 14.9 Å². The Morgan fingerprint density at radius 2 is 2.10 bits per heavy atom. The highest BCUT2D eigenvalue weighted by molar-refractivity contribution is 7.89. The lowest BCUT2D eigenvalue weighted by Crippen LogP contribution is -2.26. The van der Waals surface area contributed by atoms with Crippen LogP contribution in [0.25, 0.3) is 0 Å². The summed E-state index contributed by atoms with van der Waals surface area (Å²) in [6, 6.07) is 2.80. The highest BCUT2D eigenvalue weighted by atomic mass is 35.5. The largest absolute Gasteiger partial charge is 0.397 e. The van der Waals surface area contributed by atoms with Crippen LogP contribution in [0.5, 0.6) is 0 Å². The Morgan fingerprint density at radius 1 is 1.38 bits per heavy atom. The van der Waals surface area contributed by atoms with Gasteiger partial charge in [-0.25, -0.2) is 13.1 Å². The molecule has 0 unspecified atom stereocenters. The van der Waals surface area contributed by atoms with E-state index in [2.05, 4.69) is 14.9 Å². The number of aromatic nitrogens is 2. The molecule has 1 heterocycles. The van der Waals surface area contributed by atoms with Gasteiger partial charge in [0.15, 0.2) is 5.82 Å². The minimum Gasteiger partial charge on any atom is -0.397 e. The standard InChI is InChI=1S/C12H15ClN4O3S/c1-7-5-9(6-10(14)12(7)13)21(18,19)15-4-3-11-16-8(2)20-17-11/h5-6,15H,3-4,14H2,1-2H3. The molecule has 0 aliphatic heterocycles. The number of anilines is 1. The lowest BCUT2D eigenvalue weighted by atomic mass is 10.2. The van der Waals surface area contributed by atoms with E-state index in [1.54, 1.807) is 13.8 Å². The van der Waals surface area contributed by atoms with Crippen molar-refractivity contribution in [1.29, 1.82) is 0 Å². The molecular weight excluding hydrogens is 316 g/mol. The molecule has 9 heteroatoms. The van der Waals surface area contributed by atoms with Crippen LogP contribution in [0, 0.1) is 13.8 Å². The van der Waals surface area contributed by atoms with E-state index in [1.807, 2.05) is 0 Å². The first-order chi connectivity index (χ1) is 9.79. The van der Waals surface area contributed by atoms with Crippen LogP contribution < -0.4 is 10.5 Å². The number of nitrogens with zero attached hydrogens (tertiary/aromatic N) is 2. The van der Waals surface area contributed by atoms with Crippen molar-refractivity contribution in [3.8, 4) is 0 Å². The molecule has 2 aromatic rings. The summed E-state index contributed by atoms with van der Waals surface area (Å²) in [5.41, 5.74) is 6.51. The van der Waals surface area contributed by atoms with E-state index >= 15 is 0 Å². The van der Waals surface area contributed by atoms with E-state index in [4.69, 9.17) is 21.9 Å². The summed E-state index contributed by atoms with van der Waals surface area (Å²) in [4.78, 5) is 4.07. The van der Waals surface area contributed by atoms with E-state index in [1.165, 1.54) is 12.1 Å². The van der Waals surface area contributed by atoms with Crippen LogP contribution in [-0.4, -0.2) is 25.1 Å². The number of nitrogens with two attached hydrogens (primary N) is 1. The van der Waals surface area contributed by atoms with Gasteiger partial charge in [0.05, 0.1) is 15.6 Å². The topological polar surface area (TPSA) is 111 Å². The van der Waals surface area contributed by atoms with Crippen LogP contribution in [0.1, 0.15) is 17.3 Å². The Kier molecular flexibility index (Phi) is 4.50. The fraction of sp³-hybridized carbons (Fsp3) is 0.333. The number of benzene rings is 1. The number of rotatable bonds is 5. The fourth-order valence-electron chi connectivity index (χ4n) is 1.74. The first-order valence-electron chi connectivity index (χ1n) is 6.14. The summed E-state index contributed by atoms with van der Waals surface area (Å²) >= 11 is 5.92. The van der Waals surface area contributed by atoms with Gasteiger partial charge in [0.25, 0.3) is 0 Å². The number of aryl methyl sites for hydroxylation is 2. The number of sulfonamides is 1. The third-order valence-corrected chi connectivity index (χ3v) is 4.73. The van der Waals surface area contributed by atoms with Gasteiger partial charge in [0.1, 0.15) is 0 Å². The summed E-state index contributed by atoms with van der Waals surface area (Å²) in [6.45, 7) is 3.52. The molecule has 114 valence electrons. The molecule has 1 aromatic carbocycles. The van der Waals surface area contributed by atoms with Crippen molar-refractivity contribution in [2.24, 2.45) is 0 Å². The predicted molar refractivity (Wildman–Crippen MR) is 78.5 cm³/mol. The lowest BCUT2D eigenvalue weighted by molar-refractivity contribution is 0.387. The Balaban J connectivity index is 2.08. The molecule has 2 rings (SSSR count). The minimum absolute atomic E-state index is 0.0752. The summed E-state index contributed by atoms with van der Waals surface area (Å²) in [5.74, 6) is 0.885. The zero-order valence-corrected chi connectivity index (χ0v) is 13.1. The molecule has 0 spiro atoms. The molecule has 3 N–H and O–H groups in total. The fourth-order valence-corrected chi connectivity index (χ4v) is 3.00. The van der Waals surface area contributed by atoms with Crippen molar-refractivity contribution in [3.05, 3.63) is 34.4 Å². The zero-order valence-electron chi connectivity index (χ0n) is 11.6. The first kappa shape index (κ1) is 15.7. The average Bonchev–Trinajstić information content (AvgIpc) is 2.81. The maximum atomic E-state index is 12.2. The predicted octanol–water partition coefficient (Wildman–Crippen LogP) is 1.44. The van der Waals surface area contributed by atoms with Crippen LogP contribution >= 0.6 is 11.6 Å². The van der Waals surface area contributed by atoms with Crippen molar-refractivity contribution < 1.29 is 12.9 Å². The summed E-state index contributed by atoms with van der Waals surface area (Å²) in [5, 5.41) is 4.05. The minimum atomic E-state index is -3.66. The van der Waals surface area contributed by atoms with Gasteiger partial charge in [-0.15, -0.1) is 0 Å². The Morgan fingerprint density at radius 3 is 2.67 bits per heavy atom. The van der Waals surface area contributed by atoms with Gasteiger partial charge in [-0.2, -0.15) is 4.98 Å². The molecule has 0 saturated carbocycles. The molecule has 0 radical (unpaired) electrons. The average molecular weight is 331 g/mol. The quantitative estimate of drug-likeness (QED) is 0.802. The SMILES string of the molecule is Cc1nc(CCNS(=O)(=O)c2cc(C)c(Cl)c(N)c2)no1. The second-order valence-corrected chi connectivity index (χ2v) is 6.67. The molecule has 0 aliphatic carbocycles. The summed E-state index contributed by atoms with van der Waals surface area (Å²) < 4.78 is 31.6. The van der Waals surface area contributed by atoms with Gasteiger partial charge in [0.2, 0.25) is 15.9 Å². The van der Waals surface area contributed by atoms with Gasteiger partial charge < -0.3 is 10.3 Å². The second-order valence-electron chi connectivity index (χ2n) is 4.52. The normalized spacial score (nSPS) is 11.8. The molecule has 0 bridgehead atoms. The number of halogens is 1. The Labute approximate surface area is 127 Å². The molecule has 0 fully saturated rings. The zero-order chi connectivity index (χ0) is 15.6. The molecule has 7 nitrogen and oxygen atoms in total. The summed E-state index contributed by atoms with van der Waals surface area (Å²) in [6.07, 6.45) is 0.332.